The number of anilines is 2. The smallest absolute Gasteiger partial charge is 0.306 e. The molecular formula is C13H13BrN2O3. The van der Waals surface area contributed by atoms with E-state index < -0.39 is 11.9 Å². The van der Waals surface area contributed by atoms with Gasteiger partial charge in [-0.2, -0.15) is 0 Å². The molecule has 5 nitrogen and oxygen atoms in total. The summed E-state index contributed by atoms with van der Waals surface area (Å²) in [4.78, 5) is 25.2. The number of aliphatic carboxylic acids is 1. The fourth-order valence-corrected chi connectivity index (χ4v) is 3.16. The van der Waals surface area contributed by atoms with Gasteiger partial charge < -0.3 is 15.3 Å². The van der Waals surface area contributed by atoms with Crippen LogP contribution in [0.3, 0.4) is 0 Å². The van der Waals surface area contributed by atoms with Crippen molar-refractivity contribution < 1.29 is 14.7 Å². The van der Waals surface area contributed by atoms with Crippen LogP contribution >= 0.6 is 15.9 Å². The van der Waals surface area contributed by atoms with E-state index >= 15 is 0 Å². The third-order valence-electron chi connectivity index (χ3n) is 3.78. The number of nitrogens with one attached hydrogen (secondary N) is 1. The summed E-state index contributed by atoms with van der Waals surface area (Å²) in [6.07, 6.45) is 0.950. The zero-order valence-electron chi connectivity index (χ0n) is 10.1. The van der Waals surface area contributed by atoms with Gasteiger partial charge in [-0.25, -0.2) is 0 Å². The molecule has 6 heteroatoms. The Morgan fingerprint density at radius 3 is 3.00 bits per heavy atom. The number of carboxylic acid groups (broad SMARTS) is 1. The van der Waals surface area contributed by atoms with Gasteiger partial charge in [0.25, 0.3) is 0 Å². The van der Waals surface area contributed by atoms with Crippen LogP contribution in [0.2, 0.25) is 0 Å². The molecule has 1 aromatic rings. The van der Waals surface area contributed by atoms with Crippen molar-refractivity contribution in [3.05, 3.63) is 22.7 Å². The number of nitrogens with zero attached hydrogens (tertiary/aromatic N) is 1. The highest BCUT2D eigenvalue weighted by Crippen LogP contribution is 2.38. The molecule has 0 radical (unpaired) electrons. The van der Waals surface area contributed by atoms with Crippen LogP contribution in [0.15, 0.2) is 22.7 Å². The molecule has 0 bridgehead atoms. The molecule has 1 saturated heterocycles. The Morgan fingerprint density at radius 2 is 2.26 bits per heavy atom. The maximum absolute atomic E-state index is 12.1. The average Bonchev–Trinajstić information content (AvgIpc) is 2.38. The SMILES string of the molecule is O=C(O)[C@@H]1CCN2c3ccc(Br)cc3NC(=O)[C@@H]2C1. The minimum atomic E-state index is -0.811. The summed E-state index contributed by atoms with van der Waals surface area (Å²) in [7, 11) is 0. The van der Waals surface area contributed by atoms with Crippen molar-refractivity contribution in [3.63, 3.8) is 0 Å². The molecule has 0 unspecified atom stereocenters. The highest BCUT2D eigenvalue weighted by atomic mass is 79.9. The van der Waals surface area contributed by atoms with Gasteiger partial charge in [0.2, 0.25) is 5.91 Å². The number of rotatable bonds is 1. The Morgan fingerprint density at radius 1 is 1.47 bits per heavy atom. The molecule has 2 N–H and O–H groups in total. The third kappa shape index (κ3) is 2.10. The number of halogens is 1. The van der Waals surface area contributed by atoms with E-state index in [0.29, 0.717) is 19.4 Å². The predicted octanol–water partition coefficient (Wildman–Crippen LogP) is 2.07. The summed E-state index contributed by atoms with van der Waals surface area (Å²) in [6.45, 7) is 0.601. The van der Waals surface area contributed by atoms with E-state index in [9.17, 15) is 9.59 Å². The first-order valence-electron chi connectivity index (χ1n) is 6.16. The summed E-state index contributed by atoms with van der Waals surface area (Å²) in [5, 5.41) is 11.9. The van der Waals surface area contributed by atoms with Crippen molar-refractivity contribution in [2.24, 2.45) is 5.92 Å². The quantitative estimate of drug-likeness (QED) is 0.829. The van der Waals surface area contributed by atoms with Gasteiger partial charge in [0.15, 0.2) is 0 Å². The van der Waals surface area contributed by atoms with Crippen LogP contribution in [0, 0.1) is 5.92 Å². The summed E-state index contributed by atoms with van der Waals surface area (Å²) >= 11 is 3.38. The maximum atomic E-state index is 12.1. The second-order valence-corrected chi connectivity index (χ2v) is 5.84. The number of amides is 1. The lowest BCUT2D eigenvalue weighted by Crippen LogP contribution is -2.53. The first kappa shape index (κ1) is 12.5. The van der Waals surface area contributed by atoms with Crippen molar-refractivity contribution >= 4 is 39.2 Å². The van der Waals surface area contributed by atoms with Crippen molar-refractivity contribution in [3.8, 4) is 0 Å². The molecule has 3 rings (SSSR count). The van der Waals surface area contributed by atoms with Gasteiger partial charge in [0.05, 0.1) is 17.3 Å². The van der Waals surface area contributed by atoms with Crippen LogP contribution in [0.5, 0.6) is 0 Å². The van der Waals surface area contributed by atoms with Crippen LogP contribution < -0.4 is 10.2 Å². The van der Waals surface area contributed by atoms with E-state index in [1.54, 1.807) is 0 Å². The molecule has 0 aromatic heterocycles. The monoisotopic (exact) mass is 324 g/mol. The van der Waals surface area contributed by atoms with E-state index in [4.69, 9.17) is 5.11 Å². The molecule has 100 valence electrons. The lowest BCUT2D eigenvalue weighted by atomic mass is 9.88. The van der Waals surface area contributed by atoms with Crippen LogP contribution in [0.1, 0.15) is 12.8 Å². The Kier molecular flexibility index (Phi) is 2.97. The largest absolute Gasteiger partial charge is 0.481 e. The van der Waals surface area contributed by atoms with Gasteiger partial charge in [0.1, 0.15) is 6.04 Å². The number of fused-ring (bicyclic) bond motifs is 3. The zero-order valence-corrected chi connectivity index (χ0v) is 11.7. The van der Waals surface area contributed by atoms with E-state index in [2.05, 4.69) is 21.2 Å². The summed E-state index contributed by atoms with van der Waals surface area (Å²) < 4.78 is 0.908. The molecule has 0 saturated carbocycles. The second kappa shape index (κ2) is 4.52. The van der Waals surface area contributed by atoms with Gasteiger partial charge in [-0.15, -0.1) is 0 Å². The Labute approximate surface area is 118 Å². The van der Waals surface area contributed by atoms with Crippen molar-refractivity contribution in [2.45, 2.75) is 18.9 Å². The normalized spacial score (nSPS) is 25.3. The van der Waals surface area contributed by atoms with Gasteiger partial charge in [-0.3, -0.25) is 9.59 Å². The number of benzene rings is 1. The Bertz CT molecular complexity index is 561. The van der Waals surface area contributed by atoms with Gasteiger partial charge in [0, 0.05) is 11.0 Å². The topological polar surface area (TPSA) is 69.6 Å². The van der Waals surface area contributed by atoms with E-state index in [1.807, 2.05) is 23.1 Å². The lowest BCUT2D eigenvalue weighted by Gasteiger charge is -2.42. The fraction of sp³-hybridized carbons (Fsp3) is 0.385. The average molecular weight is 325 g/mol. The van der Waals surface area contributed by atoms with E-state index in [-0.39, 0.29) is 11.9 Å². The lowest BCUT2D eigenvalue weighted by molar-refractivity contribution is -0.142. The van der Waals surface area contributed by atoms with Gasteiger partial charge in [-0.05, 0) is 31.0 Å². The van der Waals surface area contributed by atoms with Crippen LogP contribution in [-0.4, -0.2) is 29.6 Å². The molecule has 19 heavy (non-hydrogen) atoms. The van der Waals surface area contributed by atoms with Crippen LogP contribution in [0.25, 0.3) is 0 Å². The molecule has 2 heterocycles. The number of carbonyl (C=O) groups excluding carboxylic acids is 1. The molecular weight excluding hydrogens is 312 g/mol. The van der Waals surface area contributed by atoms with Gasteiger partial charge >= 0.3 is 5.97 Å². The summed E-state index contributed by atoms with van der Waals surface area (Å²) in [6, 6.07) is 5.37. The molecule has 2 atom stereocenters. The molecule has 0 spiro atoms. The standard InChI is InChI=1S/C13H13BrN2O3/c14-8-1-2-10-9(6-8)15-12(17)11-5-7(13(18)19)3-4-16(10)11/h1-2,6-7,11H,3-5H2,(H,15,17)(H,18,19)/t7-,11+/m1/s1. The van der Waals surface area contributed by atoms with E-state index in [1.165, 1.54) is 0 Å². The van der Waals surface area contributed by atoms with Crippen LogP contribution in [-0.2, 0) is 9.59 Å². The maximum Gasteiger partial charge on any atom is 0.306 e. The molecule has 2 aliphatic heterocycles. The molecule has 1 fully saturated rings. The Balaban J connectivity index is 1.94. The molecule has 2 aliphatic rings. The molecule has 1 aromatic carbocycles. The summed E-state index contributed by atoms with van der Waals surface area (Å²) in [5.74, 6) is -1.35. The van der Waals surface area contributed by atoms with Crippen molar-refractivity contribution in [1.82, 2.24) is 0 Å². The van der Waals surface area contributed by atoms with Crippen LogP contribution in [0.4, 0.5) is 11.4 Å². The first-order valence-corrected chi connectivity index (χ1v) is 6.95. The number of piperidine rings is 1. The minimum Gasteiger partial charge on any atom is -0.481 e. The Hall–Kier alpha value is -1.56. The minimum absolute atomic E-state index is 0.114. The predicted molar refractivity (Wildman–Crippen MR) is 74.3 cm³/mol. The van der Waals surface area contributed by atoms with Crippen molar-refractivity contribution in [1.29, 1.82) is 0 Å². The summed E-state index contributed by atoms with van der Waals surface area (Å²) in [5.41, 5.74) is 1.75. The first-order chi connectivity index (χ1) is 9.06. The zero-order chi connectivity index (χ0) is 13.6. The fourth-order valence-electron chi connectivity index (χ4n) is 2.80. The third-order valence-corrected chi connectivity index (χ3v) is 4.27. The van der Waals surface area contributed by atoms with E-state index in [0.717, 1.165) is 15.8 Å². The number of carboxylic acids is 1. The molecule has 1 amide bonds. The number of hydrogen-bond acceptors (Lipinski definition) is 3. The highest BCUT2D eigenvalue weighted by molar-refractivity contribution is 9.10. The highest BCUT2D eigenvalue weighted by Gasteiger charge is 2.40. The molecule has 0 aliphatic carbocycles. The second-order valence-electron chi connectivity index (χ2n) is 4.92. The van der Waals surface area contributed by atoms with Gasteiger partial charge in [-0.1, -0.05) is 15.9 Å². The van der Waals surface area contributed by atoms with Crippen molar-refractivity contribution in [2.75, 3.05) is 16.8 Å². The number of hydrogen-bond donors (Lipinski definition) is 2. The number of carbonyl (C=O) groups is 2.